The van der Waals surface area contributed by atoms with E-state index < -0.39 is 15.8 Å². The molecule has 22 heavy (non-hydrogen) atoms. The zero-order chi connectivity index (χ0) is 16.0. The lowest BCUT2D eigenvalue weighted by atomic mass is 10.1. The van der Waals surface area contributed by atoms with E-state index in [-0.39, 0.29) is 17.9 Å². The van der Waals surface area contributed by atoms with Crippen LogP contribution in [0.25, 0.3) is 0 Å². The predicted octanol–water partition coefficient (Wildman–Crippen LogP) is 2.03. The Morgan fingerprint density at radius 1 is 1.14 bits per heavy atom. The van der Waals surface area contributed by atoms with Crippen molar-refractivity contribution in [1.29, 1.82) is 0 Å². The highest BCUT2D eigenvalue weighted by Gasteiger charge is 2.16. The van der Waals surface area contributed by atoms with Gasteiger partial charge in [0.2, 0.25) is 0 Å². The Bertz CT molecular complexity index is 742. The Morgan fingerprint density at radius 2 is 1.86 bits per heavy atom. The third-order valence-corrected chi connectivity index (χ3v) is 4.76. The van der Waals surface area contributed by atoms with Gasteiger partial charge in [-0.15, -0.1) is 0 Å². The van der Waals surface area contributed by atoms with Gasteiger partial charge in [-0.1, -0.05) is 24.3 Å². The number of carbonyl (C=O) groups is 1. The number of ether oxygens (including phenoxy) is 1. The molecule has 0 aliphatic heterocycles. The van der Waals surface area contributed by atoms with Gasteiger partial charge in [-0.25, -0.2) is 13.2 Å². The third kappa shape index (κ3) is 4.39. The lowest BCUT2D eigenvalue weighted by molar-refractivity contribution is 0.0599. The van der Waals surface area contributed by atoms with E-state index in [4.69, 9.17) is 4.74 Å². The molecule has 2 aromatic rings. The van der Waals surface area contributed by atoms with E-state index in [1.807, 2.05) is 0 Å². The molecule has 0 saturated heterocycles. The monoisotopic (exact) mass is 319 g/mol. The van der Waals surface area contributed by atoms with Crippen LogP contribution in [0.15, 0.2) is 48.7 Å². The zero-order valence-electron chi connectivity index (χ0n) is 12.2. The molecule has 1 aromatic heterocycles. The third-order valence-electron chi connectivity index (χ3n) is 3.20. The van der Waals surface area contributed by atoms with Crippen molar-refractivity contribution >= 4 is 15.8 Å². The Kier molecular flexibility index (Phi) is 5.27. The molecule has 0 N–H and O–H groups in total. The standard InChI is InChI=1S/C16H17NO4S/c1-21-16(18)15-8-3-2-6-13(15)9-11-22(19,20)12-14-7-4-5-10-17-14/h2-8,10H,9,11-12H2,1H3. The minimum atomic E-state index is -3.30. The van der Waals surface area contributed by atoms with Crippen LogP contribution in [0.1, 0.15) is 21.6 Å². The maximum Gasteiger partial charge on any atom is 0.338 e. The molecule has 0 radical (unpaired) electrons. The molecule has 0 aliphatic carbocycles. The maximum atomic E-state index is 12.2. The van der Waals surface area contributed by atoms with Crippen molar-refractivity contribution in [1.82, 2.24) is 4.98 Å². The highest BCUT2D eigenvalue weighted by molar-refractivity contribution is 7.90. The second-order valence-electron chi connectivity index (χ2n) is 4.81. The highest BCUT2D eigenvalue weighted by atomic mass is 32.2. The number of sulfone groups is 1. The molecule has 5 nitrogen and oxygen atoms in total. The molecular formula is C16H17NO4S. The number of carbonyl (C=O) groups excluding carboxylic acids is 1. The average molecular weight is 319 g/mol. The van der Waals surface area contributed by atoms with E-state index in [0.717, 1.165) is 0 Å². The van der Waals surface area contributed by atoms with Crippen LogP contribution in [0.3, 0.4) is 0 Å². The fraction of sp³-hybridized carbons (Fsp3) is 0.250. The Labute approximate surface area is 129 Å². The Balaban J connectivity index is 2.08. The minimum absolute atomic E-state index is 0.0441. The van der Waals surface area contributed by atoms with E-state index >= 15 is 0 Å². The number of hydrogen-bond acceptors (Lipinski definition) is 5. The molecular weight excluding hydrogens is 302 g/mol. The number of methoxy groups -OCH3 is 1. The summed E-state index contributed by atoms with van der Waals surface area (Å²) in [6, 6.07) is 12.0. The van der Waals surface area contributed by atoms with Gasteiger partial charge in [0.15, 0.2) is 9.84 Å². The largest absolute Gasteiger partial charge is 0.465 e. The van der Waals surface area contributed by atoms with Crippen LogP contribution in [-0.2, 0) is 26.7 Å². The van der Waals surface area contributed by atoms with Crippen molar-refractivity contribution in [3.63, 3.8) is 0 Å². The van der Waals surface area contributed by atoms with Gasteiger partial charge in [-0.3, -0.25) is 4.98 Å². The number of aromatic nitrogens is 1. The van der Waals surface area contributed by atoms with Gasteiger partial charge in [-0.2, -0.15) is 0 Å². The van der Waals surface area contributed by atoms with Gasteiger partial charge in [0.1, 0.15) is 0 Å². The average Bonchev–Trinajstić information content (AvgIpc) is 2.53. The van der Waals surface area contributed by atoms with Crippen molar-refractivity contribution < 1.29 is 17.9 Å². The zero-order valence-corrected chi connectivity index (χ0v) is 13.0. The van der Waals surface area contributed by atoms with E-state index in [1.165, 1.54) is 7.11 Å². The molecule has 116 valence electrons. The van der Waals surface area contributed by atoms with Crippen LogP contribution in [0.2, 0.25) is 0 Å². The molecule has 0 amide bonds. The first kappa shape index (κ1) is 16.2. The van der Waals surface area contributed by atoms with Crippen LogP contribution in [-0.4, -0.2) is 32.2 Å². The molecule has 0 bridgehead atoms. The molecule has 0 unspecified atom stereocenters. The molecule has 1 heterocycles. The van der Waals surface area contributed by atoms with Gasteiger partial charge < -0.3 is 4.74 Å². The van der Waals surface area contributed by atoms with Gasteiger partial charge in [0.05, 0.1) is 29.9 Å². The summed E-state index contributed by atoms with van der Waals surface area (Å²) in [7, 11) is -1.99. The molecule has 2 rings (SSSR count). The summed E-state index contributed by atoms with van der Waals surface area (Å²) in [6.45, 7) is 0. The lowest BCUT2D eigenvalue weighted by Crippen LogP contribution is -2.14. The number of esters is 1. The lowest BCUT2D eigenvalue weighted by Gasteiger charge is -2.08. The first-order valence-electron chi connectivity index (χ1n) is 6.78. The SMILES string of the molecule is COC(=O)c1ccccc1CCS(=O)(=O)Cc1ccccn1. The van der Waals surface area contributed by atoms with E-state index in [2.05, 4.69) is 4.98 Å². The van der Waals surface area contributed by atoms with Gasteiger partial charge in [0, 0.05) is 6.20 Å². The summed E-state index contributed by atoms with van der Waals surface area (Å²) in [6.07, 6.45) is 1.83. The smallest absolute Gasteiger partial charge is 0.338 e. The molecule has 0 atom stereocenters. The maximum absolute atomic E-state index is 12.2. The number of rotatable bonds is 6. The van der Waals surface area contributed by atoms with Crippen LogP contribution >= 0.6 is 0 Å². The summed E-state index contributed by atoms with van der Waals surface area (Å²) in [5.41, 5.74) is 1.58. The highest BCUT2D eigenvalue weighted by Crippen LogP contribution is 2.13. The van der Waals surface area contributed by atoms with Gasteiger partial charge in [-0.05, 0) is 30.2 Å². The van der Waals surface area contributed by atoms with Crippen LogP contribution in [0.4, 0.5) is 0 Å². The number of pyridine rings is 1. The fourth-order valence-corrected chi connectivity index (χ4v) is 3.39. The van der Waals surface area contributed by atoms with Crippen molar-refractivity contribution in [3.8, 4) is 0 Å². The van der Waals surface area contributed by atoms with Crippen molar-refractivity contribution in [2.75, 3.05) is 12.9 Å². The molecule has 0 spiro atoms. The van der Waals surface area contributed by atoms with Gasteiger partial charge in [0.25, 0.3) is 0 Å². The normalized spacial score (nSPS) is 11.1. The first-order chi connectivity index (χ1) is 10.5. The van der Waals surface area contributed by atoms with E-state index in [0.29, 0.717) is 16.8 Å². The van der Waals surface area contributed by atoms with Crippen molar-refractivity contribution in [3.05, 3.63) is 65.5 Å². The predicted molar refractivity (Wildman–Crippen MR) is 83.2 cm³/mol. The van der Waals surface area contributed by atoms with E-state index in [9.17, 15) is 13.2 Å². The van der Waals surface area contributed by atoms with Crippen molar-refractivity contribution in [2.45, 2.75) is 12.2 Å². The Morgan fingerprint density at radius 3 is 2.55 bits per heavy atom. The minimum Gasteiger partial charge on any atom is -0.465 e. The molecule has 0 fully saturated rings. The van der Waals surface area contributed by atoms with E-state index in [1.54, 1.807) is 48.7 Å². The Hall–Kier alpha value is -2.21. The number of nitrogens with zero attached hydrogens (tertiary/aromatic N) is 1. The molecule has 6 heteroatoms. The molecule has 0 aliphatic rings. The first-order valence-corrected chi connectivity index (χ1v) is 8.60. The van der Waals surface area contributed by atoms with Crippen LogP contribution < -0.4 is 0 Å². The summed E-state index contributed by atoms with van der Waals surface area (Å²) in [5, 5.41) is 0. The number of aryl methyl sites for hydroxylation is 1. The van der Waals surface area contributed by atoms with Gasteiger partial charge >= 0.3 is 5.97 Å². The number of benzene rings is 1. The summed E-state index contributed by atoms with van der Waals surface area (Å²) < 4.78 is 29.0. The summed E-state index contributed by atoms with van der Waals surface area (Å²) in [5.74, 6) is -0.607. The fourth-order valence-electron chi connectivity index (χ4n) is 2.09. The summed E-state index contributed by atoms with van der Waals surface area (Å²) in [4.78, 5) is 15.7. The summed E-state index contributed by atoms with van der Waals surface area (Å²) >= 11 is 0. The van der Waals surface area contributed by atoms with Crippen LogP contribution in [0.5, 0.6) is 0 Å². The molecule has 1 aromatic carbocycles. The second-order valence-corrected chi connectivity index (χ2v) is 7.00. The quantitative estimate of drug-likeness (QED) is 0.762. The second kappa shape index (κ2) is 7.17. The van der Waals surface area contributed by atoms with Crippen LogP contribution in [0, 0.1) is 0 Å². The molecule has 0 saturated carbocycles. The van der Waals surface area contributed by atoms with Crippen molar-refractivity contribution in [2.24, 2.45) is 0 Å². The topological polar surface area (TPSA) is 73.3 Å². The number of hydrogen-bond donors (Lipinski definition) is 0.